The number of para-hydroxylation sites is 1. The molecule has 1 fully saturated rings. The molecular formula is C15H21N3. The monoisotopic (exact) mass is 243 g/mol. The highest BCUT2D eigenvalue weighted by molar-refractivity contribution is 5.81. The molecule has 18 heavy (non-hydrogen) atoms. The van der Waals surface area contributed by atoms with Crippen LogP contribution in [0, 0.1) is 5.92 Å². The maximum Gasteiger partial charge on any atom is 0.0718 e. The van der Waals surface area contributed by atoms with Crippen molar-refractivity contribution in [3.63, 3.8) is 0 Å². The molecule has 1 aromatic carbocycles. The predicted molar refractivity (Wildman–Crippen MR) is 74.6 cm³/mol. The molecule has 0 aliphatic carbocycles. The van der Waals surface area contributed by atoms with Gasteiger partial charge < -0.3 is 5.32 Å². The van der Waals surface area contributed by atoms with Crippen molar-refractivity contribution in [3.8, 4) is 0 Å². The highest BCUT2D eigenvalue weighted by Gasteiger charge is 2.22. The highest BCUT2D eigenvalue weighted by Crippen LogP contribution is 2.23. The number of aromatic nitrogens is 2. The second-order valence-corrected chi connectivity index (χ2v) is 5.47. The van der Waals surface area contributed by atoms with Gasteiger partial charge in [0, 0.05) is 24.9 Å². The maximum atomic E-state index is 4.69. The first-order valence-electron chi connectivity index (χ1n) is 6.89. The molecule has 3 heteroatoms. The van der Waals surface area contributed by atoms with Crippen LogP contribution in [0.5, 0.6) is 0 Å². The lowest BCUT2D eigenvalue weighted by molar-refractivity contribution is 0.297. The highest BCUT2D eigenvalue weighted by atomic mass is 15.3. The van der Waals surface area contributed by atoms with Crippen LogP contribution in [0.25, 0.3) is 10.9 Å². The Bertz CT molecular complexity index is 544. The maximum absolute atomic E-state index is 4.69. The minimum absolute atomic E-state index is 0.581. The van der Waals surface area contributed by atoms with Gasteiger partial charge in [0.05, 0.1) is 11.2 Å². The molecule has 0 radical (unpaired) electrons. The van der Waals surface area contributed by atoms with Gasteiger partial charge in [-0.05, 0) is 31.4 Å². The van der Waals surface area contributed by atoms with Crippen LogP contribution in [0.15, 0.2) is 24.3 Å². The lowest BCUT2D eigenvalue weighted by Gasteiger charge is -2.29. The zero-order chi connectivity index (χ0) is 12.5. The van der Waals surface area contributed by atoms with Gasteiger partial charge in [-0.25, -0.2) is 0 Å². The van der Waals surface area contributed by atoms with E-state index in [2.05, 4.69) is 36.5 Å². The Morgan fingerprint density at radius 2 is 2.22 bits per heavy atom. The van der Waals surface area contributed by atoms with Crippen LogP contribution in [0.4, 0.5) is 0 Å². The Hall–Kier alpha value is -1.35. The summed E-state index contributed by atoms with van der Waals surface area (Å²) in [5.41, 5.74) is 2.47. The summed E-state index contributed by atoms with van der Waals surface area (Å²) in [6.45, 7) is 3.50. The predicted octanol–water partition coefficient (Wildman–Crippen LogP) is 2.50. The minimum Gasteiger partial charge on any atom is -0.313 e. The largest absolute Gasteiger partial charge is 0.313 e. The van der Waals surface area contributed by atoms with E-state index >= 15 is 0 Å². The Morgan fingerprint density at radius 3 is 3.06 bits per heavy atom. The number of rotatable bonds is 2. The molecule has 0 saturated carbocycles. The zero-order valence-corrected chi connectivity index (χ0v) is 11.2. The number of aryl methyl sites for hydroxylation is 1. The summed E-state index contributed by atoms with van der Waals surface area (Å²) in [6, 6.07) is 9.09. The van der Waals surface area contributed by atoms with Crippen LogP contribution in [0.3, 0.4) is 0 Å². The van der Waals surface area contributed by atoms with Gasteiger partial charge in [0.2, 0.25) is 0 Å². The summed E-state index contributed by atoms with van der Waals surface area (Å²) >= 11 is 0. The van der Waals surface area contributed by atoms with E-state index in [1.54, 1.807) is 0 Å². The number of hydrogen-bond acceptors (Lipinski definition) is 2. The molecule has 3 rings (SSSR count). The Labute approximate surface area is 108 Å². The van der Waals surface area contributed by atoms with Crippen molar-refractivity contribution in [1.29, 1.82) is 0 Å². The molecule has 1 aliphatic heterocycles. The molecule has 2 atom stereocenters. The lowest BCUT2D eigenvalue weighted by atomic mass is 9.89. The summed E-state index contributed by atoms with van der Waals surface area (Å²) in [6.07, 6.45) is 3.69. The molecular weight excluding hydrogens is 222 g/mol. The quantitative estimate of drug-likeness (QED) is 0.878. The molecule has 1 aromatic heterocycles. The van der Waals surface area contributed by atoms with E-state index in [1.807, 2.05) is 11.7 Å². The molecule has 2 unspecified atom stereocenters. The van der Waals surface area contributed by atoms with Gasteiger partial charge in [0.15, 0.2) is 0 Å². The average Bonchev–Trinajstić information content (AvgIpc) is 2.70. The van der Waals surface area contributed by atoms with E-state index in [0.29, 0.717) is 6.04 Å². The minimum atomic E-state index is 0.581. The SMILES string of the molecule is CC1CCCNC1Cc1nn(C)c2ccccc12. The van der Waals surface area contributed by atoms with Crippen LogP contribution in [-0.4, -0.2) is 22.4 Å². The molecule has 0 amide bonds. The summed E-state index contributed by atoms with van der Waals surface area (Å²) in [7, 11) is 2.03. The van der Waals surface area contributed by atoms with E-state index in [4.69, 9.17) is 5.10 Å². The smallest absolute Gasteiger partial charge is 0.0718 e. The topological polar surface area (TPSA) is 29.9 Å². The van der Waals surface area contributed by atoms with Crippen LogP contribution in [-0.2, 0) is 13.5 Å². The van der Waals surface area contributed by atoms with Crippen molar-refractivity contribution in [2.75, 3.05) is 6.54 Å². The molecule has 1 aliphatic rings. The fourth-order valence-corrected chi connectivity index (χ4v) is 3.03. The molecule has 1 N–H and O–H groups in total. The van der Waals surface area contributed by atoms with Crippen molar-refractivity contribution in [2.24, 2.45) is 13.0 Å². The average molecular weight is 243 g/mol. The van der Waals surface area contributed by atoms with Crippen molar-refractivity contribution in [2.45, 2.75) is 32.2 Å². The van der Waals surface area contributed by atoms with Crippen LogP contribution in [0.2, 0.25) is 0 Å². The van der Waals surface area contributed by atoms with Gasteiger partial charge in [0.25, 0.3) is 0 Å². The molecule has 1 saturated heterocycles. The van der Waals surface area contributed by atoms with Crippen molar-refractivity contribution in [1.82, 2.24) is 15.1 Å². The van der Waals surface area contributed by atoms with Gasteiger partial charge >= 0.3 is 0 Å². The normalized spacial score (nSPS) is 24.6. The van der Waals surface area contributed by atoms with E-state index in [9.17, 15) is 0 Å². The second kappa shape index (κ2) is 4.73. The second-order valence-electron chi connectivity index (χ2n) is 5.47. The third-order valence-electron chi connectivity index (χ3n) is 4.18. The first kappa shape index (κ1) is 11.7. The Kier molecular flexibility index (Phi) is 3.08. The molecule has 2 heterocycles. The van der Waals surface area contributed by atoms with Crippen LogP contribution in [0.1, 0.15) is 25.5 Å². The van der Waals surface area contributed by atoms with E-state index in [-0.39, 0.29) is 0 Å². The Morgan fingerprint density at radius 1 is 1.39 bits per heavy atom. The standard InChI is InChI=1S/C15H21N3/c1-11-6-5-9-16-13(11)10-14-12-7-3-4-8-15(12)18(2)17-14/h3-4,7-8,11,13,16H,5-6,9-10H2,1-2H3. The number of fused-ring (bicyclic) bond motifs is 1. The molecule has 0 bridgehead atoms. The first-order chi connectivity index (χ1) is 8.75. The number of hydrogen-bond donors (Lipinski definition) is 1. The van der Waals surface area contributed by atoms with Gasteiger partial charge in [-0.3, -0.25) is 4.68 Å². The molecule has 96 valence electrons. The van der Waals surface area contributed by atoms with E-state index < -0.39 is 0 Å². The lowest BCUT2D eigenvalue weighted by Crippen LogP contribution is -2.41. The molecule has 0 spiro atoms. The third kappa shape index (κ3) is 2.03. The van der Waals surface area contributed by atoms with Gasteiger partial charge in [0.1, 0.15) is 0 Å². The van der Waals surface area contributed by atoms with Crippen LogP contribution >= 0.6 is 0 Å². The number of nitrogens with one attached hydrogen (secondary N) is 1. The van der Waals surface area contributed by atoms with Gasteiger partial charge in [-0.2, -0.15) is 5.10 Å². The molecule has 2 aromatic rings. The van der Waals surface area contributed by atoms with Crippen molar-refractivity contribution in [3.05, 3.63) is 30.0 Å². The third-order valence-corrected chi connectivity index (χ3v) is 4.18. The number of nitrogens with zero attached hydrogens (tertiary/aromatic N) is 2. The summed E-state index contributed by atoms with van der Waals surface area (Å²) in [5.74, 6) is 0.750. The Balaban J connectivity index is 1.90. The van der Waals surface area contributed by atoms with E-state index in [0.717, 1.165) is 18.9 Å². The van der Waals surface area contributed by atoms with Crippen molar-refractivity contribution >= 4 is 10.9 Å². The fourth-order valence-electron chi connectivity index (χ4n) is 3.03. The summed E-state index contributed by atoms with van der Waals surface area (Å²) < 4.78 is 2.00. The van der Waals surface area contributed by atoms with Crippen molar-refractivity contribution < 1.29 is 0 Å². The zero-order valence-electron chi connectivity index (χ0n) is 11.2. The summed E-state index contributed by atoms with van der Waals surface area (Å²) in [4.78, 5) is 0. The first-order valence-corrected chi connectivity index (χ1v) is 6.89. The molecule has 3 nitrogen and oxygen atoms in total. The van der Waals surface area contributed by atoms with Crippen LogP contribution < -0.4 is 5.32 Å². The van der Waals surface area contributed by atoms with E-state index in [1.165, 1.54) is 29.4 Å². The van der Waals surface area contributed by atoms with Gasteiger partial charge in [-0.15, -0.1) is 0 Å². The van der Waals surface area contributed by atoms with Gasteiger partial charge in [-0.1, -0.05) is 25.1 Å². The fraction of sp³-hybridized carbons (Fsp3) is 0.533. The number of benzene rings is 1. The number of piperidine rings is 1. The summed E-state index contributed by atoms with van der Waals surface area (Å²) in [5, 5.41) is 9.64.